The summed E-state index contributed by atoms with van der Waals surface area (Å²) in [5, 5.41) is 11.3. The average molecular weight is 383 g/mol. The van der Waals surface area contributed by atoms with Crippen LogP contribution in [-0.4, -0.2) is 39.5 Å². The zero-order chi connectivity index (χ0) is 19.7. The summed E-state index contributed by atoms with van der Waals surface area (Å²) >= 11 is 0. The number of nitrogens with one attached hydrogen (secondary N) is 1. The summed E-state index contributed by atoms with van der Waals surface area (Å²) in [5.41, 5.74) is 2.65. The minimum atomic E-state index is -0.373. The Morgan fingerprint density at radius 3 is 2.57 bits per heavy atom. The van der Waals surface area contributed by atoms with E-state index in [2.05, 4.69) is 15.5 Å². The fraction of sp³-hybridized carbons (Fsp3) is 0.368. The van der Waals surface area contributed by atoms with E-state index in [0.29, 0.717) is 22.7 Å². The van der Waals surface area contributed by atoms with Gasteiger partial charge in [0.2, 0.25) is 5.91 Å². The zero-order valence-corrected chi connectivity index (χ0v) is 15.8. The number of aryl methyl sites for hydroxylation is 2. The fourth-order valence-corrected chi connectivity index (χ4v) is 3.50. The van der Waals surface area contributed by atoms with E-state index in [4.69, 9.17) is 9.47 Å². The molecule has 2 heterocycles. The molecule has 146 valence electrons. The van der Waals surface area contributed by atoms with Crippen molar-refractivity contribution in [1.29, 1.82) is 0 Å². The Balaban J connectivity index is 1.59. The number of hydrogen-bond acceptors (Lipinski definition) is 6. The van der Waals surface area contributed by atoms with Gasteiger partial charge in [-0.3, -0.25) is 9.59 Å². The van der Waals surface area contributed by atoms with Gasteiger partial charge in [0.1, 0.15) is 29.9 Å². The van der Waals surface area contributed by atoms with E-state index in [9.17, 15) is 9.59 Å². The third-order valence-corrected chi connectivity index (χ3v) is 4.85. The number of fused-ring (bicyclic) bond motifs is 3. The number of anilines is 1. The molecule has 4 rings (SSSR count). The Morgan fingerprint density at radius 2 is 1.86 bits per heavy atom. The molecule has 0 aliphatic heterocycles. The van der Waals surface area contributed by atoms with Crippen LogP contribution in [0.2, 0.25) is 0 Å². The second-order valence-electron chi connectivity index (χ2n) is 6.67. The number of benzene rings is 1. The predicted octanol–water partition coefficient (Wildman–Crippen LogP) is 1.43. The SMILES string of the molecule is COc1cc(NC(=O)Cn2ncn3nc4c(c3c2=O)CCCC4)cc(OC)c1. The number of aromatic nitrogens is 4. The highest BCUT2D eigenvalue weighted by atomic mass is 16.5. The molecule has 0 radical (unpaired) electrons. The van der Waals surface area contributed by atoms with Gasteiger partial charge < -0.3 is 14.8 Å². The molecular formula is C19H21N5O4. The molecule has 1 aliphatic rings. The Morgan fingerprint density at radius 1 is 1.14 bits per heavy atom. The number of carbonyl (C=O) groups excluding carboxylic acids is 1. The van der Waals surface area contributed by atoms with Crippen molar-refractivity contribution in [1.82, 2.24) is 19.4 Å². The van der Waals surface area contributed by atoms with Gasteiger partial charge in [0, 0.05) is 29.4 Å². The van der Waals surface area contributed by atoms with Crippen molar-refractivity contribution >= 4 is 17.1 Å². The third-order valence-electron chi connectivity index (χ3n) is 4.85. The summed E-state index contributed by atoms with van der Waals surface area (Å²) in [6.45, 7) is -0.200. The second-order valence-corrected chi connectivity index (χ2v) is 6.67. The standard InChI is InChI=1S/C19H21N5O4/c1-27-13-7-12(8-14(9-13)28-2)21-17(25)10-23-19(26)18-15-5-3-4-6-16(15)22-24(18)11-20-23/h7-9,11H,3-6,10H2,1-2H3,(H,21,25). The summed E-state index contributed by atoms with van der Waals surface area (Å²) < 4.78 is 13.1. The molecule has 1 N–H and O–H groups in total. The molecule has 0 unspecified atom stereocenters. The van der Waals surface area contributed by atoms with Crippen molar-refractivity contribution in [2.45, 2.75) is 32.2 Å². The first-order chi connectivity index (χ1) is 13.6. The molecule has 1 amide bonds. The maximum atomic E-state index is 12.9. The topological polar surface area (TPSA) is 99.8 Å². The van der Waals surface area contributed by atoms with Gasteiger partial charge in [-0.25, -0.2) is 9.20 Å². The maximum Gasteiger partial charge on any atom is 0.293 e. The first-order valence-corrected chi connectivity index (χ1v) is 9.08. The number of methoxy groups -OCH3 is 2. The van der Waals surface area contributed by atoms with Crippen LogP contribution in [0.3, 0.4) is 0 Å². The number of nitrogens with zero attached hydrogens (tertiary/aromatic N) is 4. The maximum absolute atomic E-state index is 12.9. The van der Waals surface area contributed by atoms with Crippen molar-refractivity contribution in [3.05, 3.63) is 46.1 Å². The van der Waals surface area contributed by atoms with Crippen molar-refractivity contribution < 1.29 is 14.3 Å². The largest absolute Gasteiger partial charge is 0.497 e. The molecule has 0 saturated heterocycles. The lowest BCUT2D eigenvalue weighted by Crippen LogP contribution is -2.31. The van der Waals surface area contributed by atoms with E-state index in [1.54, 1.807) is 18.2 Å². The predicted molar refractivity (Wildman–Crippen MR) is 102 cm³/mol. The Kier molecular flexibility index (Phi) is 4.72. The van der Waals surface area contributed by atoms with Crippen LogP contribution in [0.25, 0.3) is 5.52 Å². The van der Waals surface area contributed by atoms with E-state index < -0.39 is 0 Å². The van der Waals surface area contributed by atoms with Crippen LogP contribution in [0.1, 0.15) is 24.1 Å². The first kappa shape index (κ1) is 18.0. The summed E-state index contributed by atoms with van der Waals surface area (Å²) in [4.78, 5) is 25.4. The zero-order valence-electron chi connectivity index (χ0n) is 15.8. The lowest BCUT2D eigenvalue weighted by Gasteiger charge is -2.11. The van der Waals surface area contributed by atoms with Gasteiger partial charge in [-0.05, 0) is 25.7 Å². The molecule has 9 heteroatoms. The molecule has 0 bridgehead atoms. The minimum Gasteiger partial charge on any atom is -0.497 e. The molecule has 9 nitrogen and oxygen atoms in total. The summed E-state index contributed by atoms with van der Waals surface area (Å²) in [6, 6.07) is 5.05. The van der Waals surface area contributed by atoms with E-state index >= 15 is 0 Å². The molecule has 0 atom stereocenters. The molecule has 1 aromatic carbocycles. The number of carbonyl (C=O) groups is 1. The van der Waals surface area contributed by atoms with Gasteiger partial charge in [0.25, 0.3) is 5.56 Å². The molecule has 3 aromatic rings. The third kappa shape index (κ3) is 3.30. The quantitative estimate of drug-likeness (QED) is 0.715. The van der Waals surface area contributed by atoms with Crippen molar-refractivity contribution in [2.24, 2.45) is 0 Å². The van der Waals surface area contributed by atoms with Crippen molar-refractivity contribution in [3.8, 4) is 11.5 Å². The van der Waals surface area contributed by atoms with Gasteiger partial charge in [-0.1, -0.05) is 0 Å². The van der Waals surface area contributed by atoms with Crippen LogP contribution in [-0.2, 0) is 24.2 Å². The molecule has 2 aromatic heterocycles. The molecule has 1 aliphatic carbocycles. The highest BCUT2D eigenvalue weighted by Crippen LogP contribution is 2.26. The van der Waals surface area contributed by atoms with Crippen LogP contribution in [0, 0.1) is 0 Å². The Hall–Kier alpha value is -3.36. The summed E-state index contributed by atoms with van der Waals surface area (Å²) in [5.74, 6) is 0.733. The number of amides is 1. The lowest BCUT2D eigenvalue weighted by atomic mass is 9.97. The van der Waals surface area contributed by atoms with E-state index in [1.807, 2.05) is 0 Å². The molecule has 0 fully saturated rings. The van der Waals surface area contributed by atoms with Gasteiger partial charge >= 0.3 is 0 Å². The highest BCUT2D eigenvalue weighted by Gasteiger charge is 2.20. The van der Waals surface area contributed by atoms with Crippen molar-refractivity contribution in [2.75, 3.05) is 19.5 Å². The van der Waals surface area contributed by atoms with E-state index in [1.165, 1.54) is 29.7 Å². The van der Waals surface area contributed by atoms with E-state index in [-0.39, 0.29) is 18.0 Å². The van der Waals surface area contributed by atoms with Gasteiger partial charge in [0.05, 0.1) is 19.9 Å². The van der Waals surface area contributed by atoms with Crippen LogP contribution in [0.4, 0.5) is 5.69 Å². The van der Waals surface area contributed by atoms with Crippen LogP contribution in [0.5, 0.6) is 11.5 Å². The number of ether oxygens (including phenoxy) is 2. The fourth-order valence-electron chi connectivity index (χ4n) is 3.50. The van der Waals surface area contributed by atoms with Crippen LogP contribution in [0.15, 0.2) is 29.3 Å². The summed E-state index contributed by atoms with van der Waals surface area (Å²) in [6.07, 6.45) is 5.29. The Labute approximate surface area is 160 Å². The van der Waals surface area contributed by atoms with Crippen LogP contribution >= 0.6 is 0 Å². The number of rotatable bonds is 5. The van der Waals surface area contributed by atoms with Crippen molar-refractivity contribution in [3.63, 3.8) is 0 Å². The number of hydrogen-bond donors (Lipinski definition) is 1. The molecular weight excluding hydrogens is 362 g/mol. The molecule has 0 saturated carbocycles. The lowest BCUT2D eigenvalue weighted by molar-refractivity contribution is -0.117. The van der Waals surface area contributed by atoms with Gasteiger partial charge in [-0.2, -0.15) is 10.2 Å². The average Bonchev–Trinajstić information content (AvgIpc) is 3.09. The smallest absolute Gasteiger partial charge is 0.293 e. The van der Waals surface area contributed by atoms with E-state index in [0.717, 1.165) is 36.9 Å². The van der Waals surface area contributed by atoms with Gasteiger partial charge in [-0.15, -0.1) is 0 Å². The molecule has 0 spiro atoms. The highest BCUT2D eigenvalue weighted by molar-refractivity contribution is 5.91. The second kappa shape index (κ2) is 7.34. The normalized spacial score (nSPS) is 13.2. The first-order valence-electron chi connectivity index (χ1n) is 9.08. The minimum absolute atomic E-state index is 0.200. The molecule has 28 heavy (non-hydrogen) atoms. The Bertz CT molecular complexity index is 1080. The summed E-state index contributed by atoms with van der Waals surface area (Å²) in [7, 11) is 3.07. The van der Waals surface area contributed by atoms with Crippen LogP contribution < -0.4 is 20.3 Å². The monoisotopic (exact) mass is 383 g/mol. The van der Waals surface area contributed by atoms with Gasteiger partial charge in [0.15, 0.2) is 0 Å².